The van der Waals surface area contributed by atoms with Crippen LogP contribution in [0.15, 0.2) is 16.7 Å². The molecule has 0 aromatic carbocycles. The van der Waals surface area contributed by atoms with Gasteiger partial charge in [-0.1, -0.05) is 11.3 Å². The molecule has 0 bridgehead atoms. The number of nitrogens with one attached hydrogen (secondary N) is 1. The van der Waals surface area contributed by atoms with Crippen LogP contribution in [0.1, 0.15) is 30.0 Å². The maximum absolute atomic E-state index is 5.29. The summed E-state index contributed by atoms with van der Waals surface area (Å²) in [5.41, 5.74) is 1.03. The summed E-state index contributed by atoms with van der Waals surface area (Å²) in [6.07, 6.45) is 6.59. The minimum absolute atomic E-state index is 0.795. The van der Waals surface area contributed by atoms with Gasteiger partial charge in [0.05, 0.1) is 5.56 Å². The normalized spacial score (nSPS) is 15.2. The van der Waals surface area contributed by atoms with Gasteiger partial charge in [-0.15, -0.1) is 10.2 Å². The molecule has 2 aromatic heterocycles. The van der Waals surface area contributed by atoms with E-state index in [4.69, 9.17) is 4.42 Å². The quantitative estimate of drug-likeness (QED) is 0.814. The van der Waals surface area contributed by atoms with Gasteiger partial charge in [-0.2, -0.15) is 0 Å². The van der Waals surface area contributed by atoms with Crippen molar-refractivity contribution in [3.8, 4) is 10.6 Å². The Hall–Kier alpha value is -1.20. The number of hydrogen-bond donors (Lipinski definition) is 1. The van der Waals surface area contributed by atoms with Crippen molar-refractivity contribution in [2.45, 2.75) is 38.6 Å². The molecule has 0 unspecified atom stereocenters. The summed E-state index contributed by atoms with van der Waals surface area (Å²) < 4.78 is 5.29. The van der Waals surface area contributed by atoms with E-state index < -0.39 is 0 Å². The van der Waals surface area contributed by atoms with E-state index >= 15 is 0 Å². The molecule has 0 spiro atoms. The fraction of sp³-hybridized carbons (Fsp3) is 0.538. The first kappa shape index (κ1) is 11.9. The predicted molar refractivity (Wildman–Crippen MR) is 71.7 cm³/mol. The molecule has 2 heterocycles. The Morgan fingerprint density at radius 2 is 2.33 bits per heavy atom. The van der Waals surface area contributed by atoms with Gasteiger partial charge in [0.2, 0.25) is 0 Å². The van der Waals surface area contributed by atoms with Crippen LogP contribution in [0.25, 0.3) is 10.6 Å². The van der Waals surface area contributed by atoms with Crippen molar-refractivity contribution in [3.63, 3.8) is 0 Å². The van der Waals surface area contributed by atoms with E-state index in [-0.39, 0.29) is 0 Å². The number of aryl methyl sites for hydroxylation is 2. The number of furan rings is 1. The molecule has 96 valence electrons. The first-order valence-electron chi connectivity index (χ1n) is 6.42. The minimum Gasteiger partial charge on any atom is -0.469 e. The third kappa shape index (κ3) is 2.97. The lowest BCUT2D eigenvalue weighted by molar-refractivity contribution is 0.535. The van der Waals surface area contributed by atoms with Crippen molar-refractivity contribution in [1.29, 1.82) is 0 Å². The summed E-state index contributed by atoms with van der Waals surface area (Å²) in [4.78, 5) is 0. The van der Waals surface area contributed by atoms with Crippen LogP contribution in [0, 0.1) is 6.92 Å². The Morgan fingerprint density at radius 1 is 1.44 bits per heavy atom. The van der Waals surface area contributed by atoms with Crippen LogP contribution in [0.3, 0.4) is 0 Å². The topological polar surface area (TPSA) is 51.0 Å². The van der Waals surface area contributed by atoms with Gasteiger partial charge >= 0.3 is 0 Å². The fourth-order valence-corrected chi connectivity index (χ4v) is 2.72. The Bertz CT molecular complexity index is 516. The molecule has 1 N–H and O–H groups in total. The maximum Gasteiger partial charge on any atom is 0.151 e. The second kappa shape index (κ2) is 5.20. The molecule has 0 saturated heterocycles. The lowest BCUT2D eigenvalue weighted by Crippen LogP contribution is -2.17. The molecule has 1 fully saturated rings. The van der Waals surface area contributed by atoms with Crippen LogP contribution < -0.4 is 5.32 Å². The van der Waals surface area contributed by atoms with Crippen LogP contribution in [0.2, 0.25) is 0 Å². The van der Waals surface area contributed by atoms with E-state index in [0.29, 0.717) is 0 Å². The smallest absolute Gasteiger partial charge is 0.151 e. The van der Waals surface area contributed by atoms with Crippen LogP contribution in [0.5, 0.6) is 0 Å². The number of rotatable bonds is 6. The second-order valence-electron chi connectivity index (χ2n) is 4.78. The van der Waals surface area contributed by atoms with E-state index in [1.54, 1.807) is 17.6 Å². The third-order valence-corrected chi connectivity index (χ3v) is 4.05. The zero-order chi connectivity index (χ0) is 12.4. The molecule has 0 atom stereocenters. The lowest BCUT2D eigenvalue weighted by atomic mass is 10.3. The van der Waals surface area contributed by atoms with Crippen molar-refractivity contribution >= 4 is 11.3 Å². The molecular formula is C13H17N3OS. The third-order valence-electron chi connectivity index (χ3n) is 3.02. The minimum atomic E-state index is 0.795. The van der Waals surface area contributed by atoms with E-state index in [0.717, 1.165) is 46.8 Å². The van der Waals surface area contributed by atoms with Gasteiger partial charge in [-0.25, -0.2) is 0 Å². The molecule has 1 saturated carbocycles. The molecule has 18 heavy (non-hydrogen) atoms. The molecular weight excluding hydrogens is 246 g/mol. The van der Waals surface area contributed by atoms with Gasteiger partial charge in [0.15, 0.2) is 5.01 Å². The molecule has 4 nitrogen and oxygen atoms in total. The average Bonchev–Trinajstić information content (AvgIpc) is 2.88. The van der Waals surface area contributed by atoms with E-state index in [1.165, 1.54) is 12.8 Å². The lowest BCUT2D eigenvalue weighted by Gasteiger charge is -1.99. The average molecular weight is 263 g/mol. The Balaban J connectivity index is 1.52. The van der Waals surface area contributed by atoms with Crippen molar-refractivity contribution < 1.29 is 4.42 Å². The van der Waals surface area contributed by atoms with Crippen molar-refractivity contribution in [2.75, 3.05) is 6.54 Å². The van der Waals surface area contributed by atoms with Gasteiger partial charge in [-0.05, 0) is 38.8 Å². The van der Waals surface area contributed by atoms with Crippen LogP contribution in [0.4, 0.5) is 0 Å². The highest BCUT2D eigenvalue weighted by Gasteiger charge is 2.19. The van der Waals surface area contributed by atoms with Crippen molar-refractivity contribution in [3.05, 3.63) is 23.1 Å². The Labute approximate surface area is 110 Å². The van der Waals surface area contributed by atoms with Crippen molar-refractivity contribution in [1.82, 2.24) is 15.5 Å². The maximum atomic E-state index is 5.29. The summed E-state index contributed by atoms with van der Waals surface area (Å²) in [6, 6.07) is 2.79. The largest absolute Gasteiger partial charge is 0.469 e. The summed E-state index contributed by atoms with van der Waals surface area (Å²) in [7, 11) is 0. The van der Waals surface area contributed by atoms with E-state index in [1.807, 2.05) is 13.0 Å². The molecule has 5 heteroatoms. The SMILES string of the molecule is Cc1cc(-c2nnc(CCCNC3CC3)s2)co1. The number of nitrogens with zero attached hydrogens (tertiary/aromatic N) is 2. The van der Waals surface area contributed by atoms with Gasteiger partial charge in [0.1, 0.15) is 17.0 Å². The fourth-order valence-electron chi connectivity index (χ4n) is 1.86. The number of hydrogen-bond acceptors (Lipinski definition) is 5. The summed E-state index contributed by atoms with van der Waals surface area (Å²) >= 11 is 1.66. The monoisotopic (exact) mass is 263 g/mol. The zero-order valence-electron chi connectivity index (χ0n) is 10.5. The van der Waals surface area contributed by atoms with Gasteiger partial charge in [0, 0.05) is 12.5 Å². The summed E-state index contributed by atoms with van der Waals surface area (Å²) in [5, 5.41) is 14.0. The van der Waals surface area contributed by atoms with Gasteiger partial charge in [-0.3, -0.25) is 0 Å². The Kier molecular flexibility index (Phi) is 3.43. The Morgan fingerprint density at radius 3 is 3.06 bits per heavy atom. The van der Waals surface area contributed by atoms with E-state index in [2.05, 4.69) is 15.5 Å². The molecule has 1 aliphatic rings. The molecule has 1 aliphatic carbocycles. The standard InChI is InChI=1S/C13H17N3OS/c1-9-7-10(8-17-9)13-16-15-12(18-13)3-2-6-14-11-4-5-11/h7-8,11,14H,2-6H2,1H3. The van der Waals surface area contributed by atoms with Crippen LogP contribution >= 0.6 is 11.3 Å². The zero-order valence-corrected chi connectivity index (χ0v) is 11.3. The summed E-state index contributed by atoms with van der Waals surface area (Å²) in [6.45, 7) is 3.03. The van der Waals surface area contributed by atoms with Gasteiger partial charge < -0.3 is 9.73 Å². The van der Waals surface area contributed by atoms with E-state index in [9.17, 15) is 0 Å². The molecule has 2 aromatic rings. The highest BCUT2D eigenvalue weighted by molar-refractivity contribution is 7.14. The highest BCUT2D eigenvalue weighted by atomic mass is 32.1. The van der Waals surface area contributed by atoms with Gasteiger partial charge in [0.25, 0.3) is 0 Å². The first-order chi connectivity index (χ1) is 8.81. The predicted octanol–water partition coefficient (Wildman–Crippen LogP) is 2.79. The second-order valence-corrected chi connectivity index (χ2v) is 5.84. The van der Waals surface area contributed by atoms with Crippen LogP contribution in [-0.4, -0.2) is 22.8 Å². The molecule has 0 amide bonds. The molecule has 3 rings (SSSR count). The number of aromatic nitrogens is 2. The molecule has 0 aliphatic heterocycles. The highest BCUT2D eigenvalue weighted by Crippen LogP contribution is 2.25. The summed E-state index contributed by atoms with van der Waals surface area (Å²) in [5.74, 6) is 0.912. The van der Waals surface area contributed by atoms with Crippen molar-refractivity contribution in [2.24, 2.45) is 0 Å². The first-order valence-corrected chi connectivity index (χ1v) is 7.24. The van der Waals surface area contributed by atoms with Crippen LogP contribution in [-0.2, 0) is 6.42 Å². The molecule has 0 radical (unpaired) electrons.